The Labute approximate surface area is 197 Å². The molecule has 0 unspecified atom stereocenters. The average Bonchev–Trinajstić information content (AvgIpc) is 3.03. The molecule has 1 aromatic heterocycles. The van der Waals surface area contributed by atoms with Gasteiger partial charge in [-0.15, -0.1) is 0 Å². The highest BCUT2D eigenvalue weighted by Crippen LogP contribution is 2.36. The van der Waals surface area contributed by atoms with Gasteiger partial charge in [0, 0.05) is 23.4 Å². The largest absolute Gasteiger partial charge is 0.310 e. The van der Waals surface area contributed by atoms with Crippen LogP contribution in [0.1, 0.15) is 42.2 Å². The van der Waals surface area contributed by atoms with Crippen molar-refractivity contribution in [3.8, 4) is 11.1 Å². The maximum Gasteiger partial charge on any atom is 0.262 e. The van der Waals surface area contributed by atoms with Crippen LogP contribution in [0.4, 0.5) is 11.5 Å². The zero-order valence-corrected chi connectivity index (χ0v) is 19.8. The topological polar surface area (TPSA) is 110 Å². The number of carbonyl (C=O) groups excluding carboxylic acids is 2. The van der Waals surface area contributed by atoms with Crippen molar-refractivity contribution in [2.75, 3.05) is 10.0 Å². The second kappa shape index (κ2) is 8.99. The summed E-state index contributed by atoms with van der Waals surface area (Å²) in [6, 6.07) is 11.5. The van der Waals surface area contributed by atoms with E-state index < -0.39 is 10.0 Å². The molecule has 0 radical (unpaired) electrons. The molecule has 0 atom stereocenters. The molecular weight excluding hydrogens is 464 g/mol. The summed E-state index contributed by atoms with van der Waals surface area (Å²) in [6.07, 6.45) is 1.46. The summed E-state index contributed by atoms with van der Waals surface area (Å²) in [5.74, 6) is -0.288. The Morgan fingerprint density at radius 3 is 2.67 bits per heavy atom. The third kappa shape index (κ3) is 4.65. The molecule has 0 aliphatic carbocycles. The summed E-state index contributed by atoms with van der Waals surface area (Å²) < 4.78 is 30.2. The molecule has 1 aliphatic rings. The van der Waals surface area contributed by atoms with E-state index in [1.807, 2.05) is 6.92 Å². The fourth-order valence-electron chi connectivity index (χ4n) is 3.80. The number of aryl methyl sites for hydroxylation is 2. The number of halogens is 1. The molecule has 1 amide bonds. The summed E-state index contributed by atoms with van der Waals surface area (Å²) in [4.78, 5) is 24.9. The van der Waals surface area contributed by atoms with E-state index in [0.29, 0.717) is 39.5 Å². The first-order valence-electron chi connectivity index (χ1n) is 10.5. The fourth-order valence-corrected chi connectivity index (χ4v) is 5.31. The molecule has 2 heterocycles. The van der Waals surface area contributed by atoms with Crippen LogP contribution < -0.4 is 10.0 Å². The number of hydrogen-bond donors (Lipinski definition) is 2. The predicted molar refractivity (Wildman–Crippen MR) is 127 cm³/mol. The Hall–Kier alpha value is -3.17. The van der Waals surface area contributed by atoms with Crippen LogP contribution in [0.2, 0.25) is 5.02 Å². The number of hydrogen-bond acceptors (Lipinski definition) is 5. The summed E-state index contributed by atoms with van der Waals surface area (Å²) in [5.41, 5.74) is 2.62. The van der Waals surface area contributed by atoms with E-state index in [0.717, 1.165) is 6.42 Å². The number of anilines is 2. The Kier molecular flexibility index (Phi) is 6.27. The highest BCUT2D eigenvalue weighted by molar-refractivity contribution is 7.92. The van der Waals surface area contributed by atoms with Crippen molar-refractivity contribution in [3.05, 3.63) is 58.7 Å². The maximum absolute atomic E-state index is 13.2. The smallest absolute Gasteiger partial charge is 0.262 e. The lowest BCUT2D eigenvalue weighted by Crippen LogP contribution is -2.15. The van der Waals surface area contributed by atoms with E-state index >= 15 is 0 Å². The normalized spacial score (nSPS) is 13.9. The van der Waals surface area contributed by atoms with Gasteiger partial charge in [0.15, 0.2) is 0 Å². The van der Waals surface area contributed by atoms with Crippen LogP contribution >= 0.6 is 11.6 Å². The molecular formula is C23H23ClN4O4S. The minimum absolute atomic E-state index is 0.0581. The van der Waals surface area contributed by atoms with Crippen molar-refractivity contribution in [2.45, 2.75) is 44.4 Å². The van der Waals surface area contributed by atoms with Crippen molar-refractivity contribution >= 4 is 44.9 Å². The van der Waals surface area contributed by atoms with Gasteiger partial charge in [0.1, 0.15) is 5.82 Å². The van der Waals surface area contributed by atoms with Gasteiger partial charge in [-0.1, -0.05) is 43.1 Å². The van der Waals surface area contributed by atoms with Crippen molar-refractivity contribution < 1.29 is 18.0 Å². The first-order chi connectivity index (χ1) is 15.7. The average molecular weight is 487 g/mol. The Bertz CT molecular complexity index is 1360. The summed E-state index contributed by atoms with van der Waals surface area (Å²) >= 11 is 5.99. The lowest BCUT2D eigenvalue weighted by atomic mass is 10.0. The molecule has 33 heavy (non-hydrogen) atoms. The van der Waals surface area contributed by atoms with Crippen LogP contribution in [0.25, 0.3) is 11.1 Å². The number of amides is 1. The van der Waals surface area contributed by atoms with E-state index in [4.69, 9.17) is 11.6 Å². The SMILES string of the molecule is CCCc1nn2c(c1-c1ccc(C)c(S(=O)(=O)Nc3cccc(Cl)c3)c1)NC(=O)CCC2=O. The van der Waals surface area contributed by atoms with Gasteiger partial charge < -0.3 is 5.32 Å². The van der Waals surface area contributed by atoms with Crippen LogP contribution in [-0.2, 0) is 21.2 Å². The van der Waals surface area contributed by atoms with E-state index in [2.05, 4.69) is 15.1 Å². The number of rotatable bonds is 6. The molecule has 2 N–H and O–H groups in total. The Morgan fingerprint density at radius 1 is 1.15 bits per heavy atom. The van der Waals surface area contributed by atoms with Gasteiger partial charge in [0.2, 0.25) is 11.8 Å². The van der Waals surface area contributed by atoms with Crippen LogP contribution in [0, 0.1) is 6.92 Å². The molecule has 0 bridgehead atoms. The summed E-state index contributed by atoms with van der Waals surface area (Å²) in [5, 5.41) is 7.65. The number of fused-ring (bicyclic) bond motifs is 1. The minimum atomic E-state index is -3.94. The van der Waals surface area contributed by atoms with Crippen LogP contribution in [0.5, 0.6) is 0 Å². The van der Waals surface area contributed by atoms with Gasteiger partial charge in [-0.3, -0.25) is 14.3 Å². The second-order valence-corrected chi connectivity index (χ2v) is 9.96. The molecule has 8 nitrogen and oxygen atoms in total. The molecule has 4 rings (SSSR count). The lowest BCUT2D eigenvalue weighted by molar-refractivity contribution is -0.116. The van der Waals surface area contributed by atoms with E-state index in [1.165, 1.54) is 10.7 Å². The number of benzene rings is 2. The van der Waals surface area contributed by atoms with Gasteiger partial charge in [0.25, 0.3) is 10.0 Å². The quantitative estimate of drug-likeness (QED) is 0.527. The number of sulfonamides is 1. The van der Waals surface area contributed by atoms with Gasteiger partial charge in [-0.05, 0) is 48.7 Å². The standard InChI is InChI=1S/C23H23ClN4O4S/c1-3-5-18-22(23-25-20(29)10-11-21(30)28(23)26-18)15-9-8-14(2)19(12-15)33(31,32)27-17-7-4-6-16(24)13-17/h4,6-9,12-13,27H,3,5,10-11H2,1-2H3,(H,25,29). The first-order valence-corrected chi connectivity index (χ1v) is 12.4. The lowest BCUT2D eigenvalue weighted by Gasteiger charge is -2.13. The molecule has 0 saturated carbocycles. The molecule has 0 saturated heterocycles. The van der Waals surface area contributed by atoms with Crippen molar-refractivity contribution in [1.29, 1.82) is 0 Å². The number of nitrogens with zero attached hydrogens (tertiary/aromatic N) is 2. The van der Waals surface area contributed by atoms with Crippen LogP contribution in [0.15, 0.2) is 47.4 Å². The molecule has 0 fully saturated rings. The van der Waals surface area contributed by atoms with Gasteiger partial charge in [-0.2, -0.15) is 9.78 Å². The number of nitrogens with one attached hydrogen (secondary N) is 2. The van der Waals surface area contributed by atoms with Gasteiger partial charge >= 0.3 is 0 Å². The minimum Gasteiger partial charge on any atom is -0.310 e. The summed E-state index contributed by atoms with van der Waals surface area (Å²) in [7, 11) is -3.94. The molecule has 3 aromatic rings. The zero-order valence-electron chi connectivity index (χ0n) is 18.2. The Morgan fingerprint density at radius 2 is 1.94 bits per heavy atom. The van der Waals surface area contributed by atoms with E-state index in [1.54, 1.807) is 43.3 Å². The number of aromatic nitrogens is 2. The molecule has 0 spiro atoms. The Balaban J connectivity index is 1.84. The zero-order chi connectivity index (χ0) is 23.8. The molecule has 10 heteroatoms. The fraction of sp³-hybridized carbons (Fsp3) is 0.261. The van der Waals surface area contributed by atoms with E-state index in [9.17, 15) is 18.0 Å². The monoisotopic (exact) mass is 486 g/mol. The van der Waals surface area contributed by atoms with Crippen molar-refractivity contribution in [2.24, 2.45) is 0 Å². The van der Waals surface area contributed by atoms with Crippen LogP contribution in [-0.4, -0.2) is 30.0 Å². The van der Waals surface area contributed by atoms with Crippen molar-refractivity contribution in [3.63, 3.8) is 0 Å². The number of carbonyl (C=O) groups is 2. The highest BCUT2D eigenvalue weighted by Gasteiger charge is 2.28. The third-order valence-corrected chi connectivity index (χ3v) is 7.11. The highest BCUT2D eigenvalue weighted by atomic mass is 35.5. The second-order valence-electron chi connectivity index (χ2n) is 7.87. The van der Waals surface area contributed by atoms with Crippen LogP contribution in [0.3, 0.4) is 0 Å². The van der Waals surface area contributed by atoms with Crippen molar-refractivity contribution in [1.82, 2.24) is 9.78 Å². The first kappa shape index (κ1) is 23.0. The molecule has 1 aliphatic heterocycles. The molecule has 172 valence electrons. The predicted octanol–water partition coefficient (Wildman–Crippen LogP) is 4.64. The van der Waals surface area contributed by atoms with E-state index in [-0.39, 0.29) is 35.4 Å². The third-order valence-electron chi connectivity index (χ3n) is 5.35. The van der Waals surface area contributed by atoms with Gasteiger partial charge in [0.05, 0.1) is 16.3 Å². The maximum atomic E-state index is 13.2. The summed E-state index contributed by atoms with van der Waals surface area (Å²) in [6.45, 7) is 3.68. The van der Waals surface area contributed by atoms with Gasteiger partial charge in [-0.25, -0.2) is 8.42 Å². The molecule has 2 aromatic carbocycles.